The molecule has 1 aromatic heterocycles. The fourth-order valence-corrected chi connectivity index (χ4v) is 2.52. The average molecular weight is 413 g/mol. The quantitative estimate of drug-likeness (QED) is 0.472. The van der Waals surface area contributed by atoms with E-state index in [9.17, 15) is 4.79 Å². The summed E-state index contributed by atoms with van der Waals surface area (Å²) in [7, 11) is 1.87. The summed E-state index contributed by atoms with van der Waals surface area (Å²) in [6.45, 7) is 8.20. The number of hydrogen-bond donors (Lipinski definition) is 2. The van der Waals surface area contributed by atoms with Crippen LogP contribution in [0.25, 0.3) is 0 Å². The van der Waals surface area contributed by atoms with E-state index in [2.05, 4.69) is 33.8 Å². The Morgan fingerprint density at radius 3 is 2.86 bits per heavy atom. The second-order valence-corrected chi connectivity index (χ2v) is 6.29. The maximum Gasteiger partial charge on any atom is 0.324 e. The summed E-state index contributed by atoms with van der Waals surface area (Å²) < 4.78 is 5.43. The van der Waals surface area contributed by atoms with Crippen LogP contribution in [-0.2, 0) is 0 Å². The van der Waals surface area contributed by atoms with Crippen molar-refractivity contribution in [3.63, 3.8) is 0 Å². The third-order valence-electron chi connectivity index (χ3n) is 3.67. The first-order valence-electron chi connectivity index (χ1n) is 8.69. The maximum atomic E-state index is 12.5. The van der Waals surface area contributed by atoms with Crippen LogP contribution in [0.3, 0.4) is 0 Å². The number of likely N-dealkylation sites (N-methyl/N-ethyl adjacent to an activating group) is 1. The van der Waals surface area contributed by atoms with Gasteiger partial charge in [-0.3, -0.25) is 5.32 Å². The Kier molecular flexibility index (Phi) is 8.00. The van der Waals surface area contributed by atoms with E-state index in [0.29, 0.717) is 30.3 Å². The van der Waals surface area contributed by atoms with Crippen LogP contribution in [0.15, 0.2) is 49.7 Å². The number of urea groups is 1. The summed E-state index contributed by atoms with van der Waals surface area (Å²) >= 11 is 6.07. The van der Waals surface area contributed by atoms with E-state index in [1.807, 2.05) is 18.0 Å². The van der Waals surface area contributed by atoms with Gasteiger partial charge in [-0.1, -0.05) is 23.8 Å². The highest BCUT2D eigenvalue weighted by molar-refractivity contribution is 6.31. The number of anilines is 3. The first kappa shape index (κ1) is 21.7. The van der Waals surface area contributed by atoms with Gasteiger partial charge in [-0.15, -0.1) is 13.2 Å². The Balaban J connectivity index is 2.16. The minimum atomic E-state index is -0.545. The molecule has 2 amide bonds. The van der Waals surface area contributed by atoms with Crippen molar-refractivity contribution < 1.29 is 9.53 Å². The molecule has 0 atom stereocenters. The molecule has 150 valence electrons. The first-order chi connectivity index (χ1) is 14.0. The van der Waals surface area contributed by atoms with Gasteiger partial charge in [-0.05, 0) is 24.6 Å². The molecular weight excluding hydrogens is 392 g/mol. The predicted octanol–water partition coefficient (Wildman–Crippen LogP) is 4.22. The zero-order valence-electron chi connectivity index (χ0n) is 16.0. The molecule has 0 saturated carbocycles. The molecule has 1 aromatic carbocycles. The van der Waals surface area contributed by atoms with Gasteiger partial charge in [0.25, 0.3) is 5.88 Å². The van der Waals surface area contributed by atoms with E-state index in [1.54, 1.807) is 30.4 Å². The number of carbonyl (C=O) groups excluding carboxylic acids is 1. The molecule has 0 unspecified atom stereocenters. The van der Waals surface area contributed by atoms with Crippen LogP contribution in [0.1, 0.15) is 12.1 Å². The number of rotatable bonds is 9. The van der Waals surface area contributed by atoms with Crippen molar-refractivity contribution in [3.05, 3.63) is 60.4 Å². The lowest BCUT2D eigenvalue weighted by Crippen LogP contribution is -2.24. The van der Waals surface area contributed by atoms with Gasteiger partial charge in [0.2, 0.25) is 5.69 Å². The van der Waals surface area contributed by atoms with Crippen molar-refractivity contribution in [3.8, 4) is 11.9 Å². The van der Waals surface area contributed by atoms with Crippen LogP contribution in [0.4, 0.5) is 22.0 Å². The Hall–Kier alpha value is -3.57. The smallest absolute Gasteiger partial charge is 0.324 e. The molecule has 1 heterocycles. The SMILES string of the molecule is C=CCCOc1nc(NC(=O)Nc2cc(Cl)ccc2N(C)CC=C)cnc1C#N. The van der Waals surface area contributed by atoms with Crippen molar-refractivity contribution in [1.82, 2.24) is 9.97 Å². The zero-order valence-corrected chi connectivity index (χ0v) is 16.7. The minimum absolute atomic E-state index is 0.0307. The number of amides is 2. The highest BCUT2D eigenvalue weighted by atomic mass is 35.5. The molecule has 0 radical (unpaired) electrons. The van der Waals surface area contributed by atoms with Crippen LogP contribution >= 0.6 is 11.6 Å². The van der Waals surface area contributed by atoms with Gasteiger partial charge in [0.15, 0.2) is 5.82 Å². The number of aromatic nitrogens is 2. The van der Waals surface area contributed by atoms with Gasteiger partial charge in [0, 0.05) is 18.6 Å². The molecule has 2 rings (SSSR count). The molecule has 0 aliphatic carbocycles. The Morgan fingerprint density at radius 2 is 2.17 bits per heavy atom. The molecule has 2 N–H and O–H groups in total. The molecule has 0 aliphatic rings. The third-order valence-corrected chi connectivity index (χ3v) is 3.90. The van der Waals surface area contributed by atoms with Crippen LogP contribution in [-0.4, -0.2) is 36.2 Å². The fourth-order valence-electron chi connectivity index (χ4n) is 2.35. The largest absolute Gasteiger partial charge is 0.475 e. The topological polar surface area (TPSA) is 103 Å². The summed E-state index contributed by atoms with van der Waals surface area (Å²) in [6, 6.07) is 6.53. The molecule has 8 nitrogen and oxygen atoms in total. The minimum Gasteiger partial charge on any atom is -0.475 e. The normalized spacial score (nSPS) is 9.83. The number of hydrogen-bond acceptors (Lipinski definition) is 6. The lowest BCUT2D eigenvalue weighted by Gasteiger charge is -2.21. The van der Waals surface area contributed by atoms with Gasteiger partial charge < -0.3 is 15.0 Å². The first-order valence-corrected chi connectivity index (χ1v) is 9.06. The summed E-state index contributed by atoms with van der Waals surface area (Å²) in [6.07, 6.45) is 5.29. The van der Waals surface area contributed by atoms with Gasteiger partial charge in [0.1, 0.15) is 6.07 Å². The lowest BCUT2D eigenvalue weighted by molar-refractivity contribution is 0.262. The summed E-state index contributed by atoms with van der Waals surface area (Å²) in [5.74, 6) is 0.180. The van der Waals surface area contributed by atoms with Crippen molar-refractivity contribution in [2.45, 2.75) is 6.42 Å². The van der Waals surface area contributed by atoms with Crippen LogP contribution in [0.2, 0.25) is 5.02 Å². The number of nitrogens with one attached hydrogen (secondary N) is 2. The average Bonchev–Trinajstić information content (AvgIpc) is 2.68. The zero-order chi connectivity index (χ0) is 21.2. The summed E-state index contributed by atoms with van der Waals surface area (Å²) in [5.41, 5.74) is 1.32. The monoisotopic (exact) mass is 412 g/mol. The van der Waals surface area contributed by atoms with Gasteiger partial charge in [-0.2, -0.15) is 10.2 Å². The molecule has 0 fully saturated rings. The number of benzene rings is 1. The number of nitriles is 1. The Bertz CT molecular complexity index is 941. The Labute approximate surface area is 174 Å². The van der Waals surface area contributed by atoms with Gasteiger partial charge in [0.05, 0.1) is 24.2 Å². The molecule has 0 bridgehead atoms. The van der Waals surface area contributed by atoms with Crippen molar-refractivity contribution in [1.29, 1.82) is 5.26 Å². The van der Waals surface area contributed by atoms with Crippen LogP contribution in [0, 0.1) is 11.3 Å². The molecule has 0 aliphatic heterocycles. The predicted molar refractivity (Wildman–Crippen MR) is 115 cm³/mol. The second-order valence-electron chi connectivity index (χ2n) is 5.86. The second kappa shape index (κ2) is 10.7. The Morgan fingerprint density at radius 1 is 1.38 bits per heavy atom. The van der Waals surface area contributed by atoms with Gasteiger partial charge >= 0.3 is 6.03 Å². The van der Waals surface area contributed by atoms with Crippen LogP contribution < -0.4 is 20.3 Å². The van der Waals surface area contributed by atoms with Gasteiger partial charge in [-0.25, -0.2) is 9.78 Å². The highest BCUT2D eigenvalue weighted by Gasteiger charge is 2.13. The third kappa shape index (κ3) is 6.23. The van der Waals surface area contributed by atoms with E-state index in [4.69, 9.17) is 21.6 Å². The molecule has 2 aromatic rings. The van der Waals surface area contributed by atoms with Crippen LogP contribution in [0.5, 0.6) is 5.88 Å². The van der Waals surface area contributed by atoms with Crippen molar-refractivity contribution in [2.75, 3.05) is 35.7 Å². The summed E-state index contributed by atoms with van der Waals surface area (Å²) in [4.78, 5) is 22.5. The molecule has 0 spiro atoms. The number of nitrogens with zero attached hydrogens (tertiary/aromatic N) is 4. The lowest BCUT2D eigenvalue weighted by atomic mass is 10.2. The van der Waals surface area contributed by atoms with E-state index in [0.717, 1.165) is 5.69 Å². The fraction of sp³-hybridized carbons (Fsp3) is 0.200. The molecular formula is C20H21ClN6O2. The molecule has 9 heteroatoms. The maximum absolute atomic E-state index is 12.5. The van der Waals surface area contributed by atoms with E-state index >= 15 is 0 Å². The standard InChI is InChI=1S/C20H21ClN6O2/c1-4-6-10-29-19-16(12-22)23-13-18(25-19)26-20(28)24-15-11-14(21)7-8-17(15)27(3)9-5-2/h4-5,7-8,11,13H,1-2,6,9-10H2,3H3,(H2,24,25,26,28). The molecule has 29 heavy (non-hydrogen) atoms. The van der Waals surface area contributed by atoms with E-state index in [-0.39, 0.29) is 17.4 Å². The van der Waals surface area contributed by atoms with Crippen molar-refractivity contribution in [2.24, 2.45) is 0 Å². The summed E-state index contributed by atoms with van der Waals surface area (Å²) in [5, 5.41) is 14.9. The highest BCUT2D eigenvalue weighted by Crippen LogP contribution is 2.28. The van der Waals surface area contributed by atoms with E-state index in [1.165, 1.54) is 6.20 Å². The number of carbonyl (C=O) groups is 1. The molecule has 0 saturated heterocycles. The van der Waals surface area contributed by atoms with Crippen molar-refractivity contribution >= 4 is 34.8 Å². The van der Waals surface area contributed by atoms with E-state index < -0.39 is 6.03 Å². The number of ether oxygens (including phenoxy) is 1. The number of halogens is 1.